The molecule has 0 spiro atoms. The van der Waals surface area contributed by atoms with E-state index in [9.17, 15) is 0 Å². The van der Waals surface area contributed by atoms with Gasteiger partial charge in [-0.1, -0.05) is 38.0 Å². The van der Waals surface area contributed by atoms with Gasteiger partial charge in [-0.05, 0) is 31.9 Å². The maximum Gasteiger partial charge on any atom is 0.119 e. The van der Waals surface area contributed by atoms with E-state index in [1.165, 1.54) is 43.0 Å². The Labute approximate surface area is 174 Å². The average Bonchev–Trinajstić information content (AvgIpc) is 3.11. The molecule has 1 aliphatic heterocycles. The fourth-order valence-electron chi connectivity index (χ4n) is 2.82. The predicted octanol–water partition coefficient (Wildman–Crippen LogP) is 4.58. The summed E-state index contributed by atoms with van der Waals surface area (Å²) in [5, 5.41) is 3.37. The zero-order chi connectivity index (χ0) is 18.5. The van der Waals surface area contributed by atoms with E-state index >= 15 is 0 Å². The molecule has 1 fully saturated rings. The summed E-state index contributed by atoms with van der Waals surface area (Å²) in [7, 11) is 0. The Morgan fingerprint density at radius 3 is 2.52 bits per heavy atom. The number of aromatic nitrogens is 1. The summed E-state index contributed by atoms with van der Waals surface area (Å²) in [5.41, 5.74) is 3.16. The Kier molecular flexibility index (Phi) is 13.2. The number of halogens is 1. The lowest BCUT2D eigenvalue weighted by atomic mass is 10.2. The lowest BCUT2D eigenvalue weighted by Gasteiger charge is -2.26. The van der Waals surface area contributed by atoms with E-state index in [1.807, 2.05) is 35.8 Å². The number of benzene rings is 1. The molecule has 1 saturated heterocycles. The summed E-state index contributed by atoms with van der Waals surface area (Å²) in [5.74, 6) is 0.980. The van der Waals surface area contributed by atoms with E-state index in [1.54, 1.807) is 11.3 Å². The number of piperazine rings is 1. The number of unbranched alkanes of at least 4 members (excludes halogenated alkanes) is 2. The van der Waals surface area contributed by atoms with Crippen molar-refractivity contribution in [1.29, 1.82) is 0 Å². The van der Waals surface area contributed by atoms with Crippen LogP contribution in [0.2, 0.25) is 0 Å². The van der Waals surface area contributed by atoms with Gasteiger partial charge in [0.25, 0.3) is 0 Å². The molecule has 1 aliphatic rings. The second kappa shape index (κ2) is 14.9. The first kappa shape index (κ1) is 23.9. The Balaban J connectivity index is 0.000000264. The van der Waals surface area contributed by atoms with Crippen molar-refractivity contribution in [2.75, 3.05) is 39.3 Å². The average molecular weight is 412 g/mol. The third-order valence-corrected chi connectivity index (χ3v) is 5.46. The maximum absolute atomic E-state index is 5.51. The van der Waals surface area contributed by atoms with E-state index < -0.39 is 0 Å². The molecule has 0 atom stereocenters. The number of hydrogen-bond donors (Lipinski definition) is 1. The van der Waals surface area contributed by atoms with Crippen LogP contribution in [-0.4, -0.2) is 49.2 Å². The Bertz CT molecular complexity index is 588. The predicted molar refractivity (Wildman–Crippen MR) is 119 cm³/mol. The molecule has 4 nitrogen and oxygen atoms in total. The second-order valence-corrected chi connectivity index (χ2v) is 7.51. The van der Waals surface area contributed by atoms with Crippen LogP contribution in [0.3, 0.4) is 0 Å². The van der Waals surface area contributed by atoms with Crippen LogP contribution in [0.5, 0.6) is 5.75 Å². The summed E-state index contributed by atoms with van der Waals surface area (Å²) in [6, 6.07) is 9.97. The lowest BCUT2D eigenvalue weighted by molar-refractivity contribution is 0.244. The molecule has 0 unspecified atom stereocenters. The fourth-order valence-corrected chi connectivity index (χ4v) is 3.59. The fraction of sp³-hybridized carbons (Fsp3) is 0.571. The van der Waals surface area contributed by atoms with Crippen LogP contribution in [0.4, 0.5) is 0 Å². The van der Waals surface area contributed by atoms with Crippen molar-refractivity contribution >= 4 is 23.7 Å². The lowest BCUT2D eigenvalue weighted by Crippen LogP contribution is -2.44. The summed E-state index contributed by atoms with van der Waals surface area (Å²) in [4.78, 5) is 8.24. The molecule has 0 bridgehead atoms. The summed E-state index contributed by atoms with van der Waals surface area (Å²) in [6.07, 6.45) is 4.83. The van der Waals surface area contributed by atoms with Gasteiger partial charge >= 0.3 is 0 Å². The minimum atomic E-state index is 0. The van der Waals surface area contributed by atoms with Gasteiger partial charge in [-0.2, -0.15) is 0 Å². The number of para-hydroxylation sites is 1. The highest BCUT2D eigenvalue weighted by Crippen LogP contribution is 2.13. The van der Waals surface area contributed by atoms with Crippen molar-refractivity contribution in [2.24, 2.45) is 0 Å². The topological polar surface area (TPSA) is 37.4 Å². The highest BCUT2D eigenvalue weighted by Gasteiger charge is 2.10. The van der Waals surface area contributed by atoms with Gasteiger partial charge in [0.15, 0.2) is 0 Å². The number of aryl methyl sites for hydroxylation is 1. The summed E-state index contributed by atoms with van der Waals surface area (Å²) in [6.45, 7) is 11.0. The molecule has 0 radical (unpaired) electrons. The normalized spacial score (nSPS) is 14.0. The molecule has 1 N–H and O–H groups in total. The Morgan fingerprint density at radius 1 is 1.15 bits per heavy atom. The van der Waals surface area contributed by atoms with Crippen LogP contribution in [0.15, 0.2) is 35.8 Å². The smallest absolute Gasteiger partial charge is 0.119 e. The number of nitrogens with one attached hydrogen (secondary N) is 1. The third-order valence-electron chi connectivity index (χ3n) is 4.47. The first-order chi connectivity index (χ1) is 12.8. The van der Waals surface area contributed by atoms with E-state index in [-0.39, 0.29) is 12.4 Å². The first-order valence-corrected chi connectivity index (χ1v) is 10.7. The van der Waals surface area contributed by atoms with Crippen molar-refractivity contribution in [1.82, 2.24) is 15.2 Å². The summed E-state index contributed by atoms with van der Waals surface area (Å²) < 4.78 is 5.51. The highest BCUT2D eigenvalue weighted by atomic mass is 35.5. The molecule has 0 saturated carbocycles. The number of thiazole rings is 1. The molecule has 1 aromatic carbocycles. The standard InChI is InChI=1S/C11H16O.C10H17N3S.ClH/c1-2-3-7-10-12-11-8-5-4-6-9-11;1-9-10(14-8-12-9)2-5-13-6-3-11-4-7-13;/h4-6,8-9H,2-3,7,10H2,1H3;8,11H,2-7H2,1H3;1H. The number of hydrogen-bond acceptors (Lipinski definition) is 5. The number of ether oxygens (including phenoxy) is 1. The number of nitrogens with zero attached hydrogens (tertiary/aromatic N) is 2. The van der Waals surface area contributed by atoms with Crippen molar-refractivity contribution in [2.45, 2.75) is 39.5 Å². The monoisotopic (exact) mass is 411 g/mol. The molecule has 2 aromatic rings. The quantitative estimate of drug-likeness (QED) is 0.645. The molecule has 2 heterocycles. The first-order valence-electron chi connectivity index (χ1n) is 9.79. The van der Waals surface area contributed by atoms with Gasteiger partial charge in [0, 0.05) is 37.6 Å². The SMILES string of the molecule is CCCCCOc1ccccc1.Cc1ncsc1CCN1CCNCC1.Cl. The van der Waals surface area contributed by atoms with Crippen molar-refractivity contribution in [3.8, 4) is 5.75 Å². The van der Waals surface area contributed by atoms with Crippen LogP contribution in [-0.2, 0) is 6.42 Å². The van der Waals surface area contributed by atoms with Gasteiger partial charge in [0.1, 0.15) is 5.75 Å². The van der Waals surface area contributed by atoms with Crippen LogP contribution >= 0.6 is 23.7 Å². The van der Waals surface area contributed by atoms with Gasteiger partial charge in [-0.15, -0.1) is 23.7 Å². The Morgan fingerprint density at radius 2 is 1.89 bits per heavy atom. The van der Waals surface area contributed by atoms with Crippen LogP contribution < -0.4 is 10.1 Å². The minimum Gasteiger partial charge on any atom is -0.494 e. The third kappa shape index (κ3) is 10.1. The molecule has 0 aliphatic carbocycles. The molecule has 0 amide bonds. The Hall–Kier alpha value is -1.14. The van der Waals surface area contributed by atoms with Crippen molar-refractivity contribution in [3.63, 3.8) is 0 Å². The molecule has 152 valence electrons. The minimum absolute atomic E-state index is 0. The van der Waals surface area contributed by atoms with Crippen molar-refractivity contribution in [3.05, 3.63) is 46.4 Å². The molecule has 27 heavy (non-hydrogen) atoms. The van der Waals surface area contributed by atoms with Gasteiger partial charge in [0.05, 0.1) is 17.8 Å². The maximum atomic E-state index is 5.51. The van der Waals surface area contributed by atoms with E-state index in [4.69, 9.17) is 4.74 Å². The summed E-state index contributed by atoms with van der Waals surface area (Å²) >= 11 is 1.78. The molecular weight excluding hydrogens is 378 g/mol. The zero-order valence-electron chi connectivity index (χ0n) is 16.7. The largest absolute Gasteiger partial charge is 0.494 e. The zero-order valence-corrected chi connectivity index (χ0v) is 18.3. The van der Waals surface area contributed by atoms with Crippen LogP contribution in [0.25, 0.3) is 0 Å². The second-order valence-electron chi connectivity index (χ2n) is 6.57. The highest BCUT2D eigenvalue weighted by molar-refractivity contribution is 7.09. The van der Waals surface area contributed by atoms with Gasteiger partial charge in [-0.25, -0.2) is 4.98 Å². The van der Waals surface area contributed by atoms with Crippen LogP contribution in [0.1, 0.15) is 36.8 Å². The van der Waals surface area contributed by atoms with Gasteiger partial charge in [-0.3, -0.25) is 0 Å². The van der Waals surface area contributed by atoms with Gasteiger partial charge < -0.3 is 15.0 Å². The molecular formula is C21H34ClN3OS. The van der Waals surface area contributed by atoms with E-state index in [0.29, 0.717) is 0 Å². The molecule has 1 aromatic heterocycles. The van der Waals surface area contributed by atoms with Gasteiger partial charge in [0.2, 0.25) is 0 Å². The molecule has 6 heteroatoms. The number of rotatable bonds is 8. The van der Waals surface area contributed by atoms with E-state index in [2.05, 4.69) is 29.0 Å². The van der Waals surface area contributed by atoms with Crippen molar-refractivity contribution < 1.29 is 4.74 Å². The molecule has 3 rings (SSSR count). The van der Waals surface area contributed by atoms with Crippen LogP contribution in [0, 0.1) is 6.92 Å². The van der Waals surface area contributed by atoms with E-state index in [0.717, 1.165) is 38.3 Å².